The lowest BCUT2D eigenvalue weighted by molar-refractivity contribution is -0.118. The summed E-state index contributed by atoms with van der Waals surface area (Å²) in [5, 5.41) is 8.18. The molecule has 0 bridgehead atoms. The molecule has 0 spiro atoms. The third-order valence-corrected chi connectivity index (χ3v) is 6.41. The number of nitrogens with one attached hydrogen (secondary N) is 1. The number of ether oxygens (including phenoxy) is 2. The maximum absolute atomic E-state index is 13.6. The van der Waals surface area contributed by atoms with Gasteiger partial charge in [-0.1, -0.05) is 36.4 Å². The number of anilines is 1. The second kappa shape index (κ2) is 11.4. The Balaban J connectivity index is 1.34. The van der Waals surface area contributed by atoms with Gasteiger partial charge in [0.05, 0.1) is 29.6 Å². The molecule has 2 aromatic heterocycles. The number of benzene rings is 4. The van der Waals surface area contributed by atoms with Crippen molar-refractivity contribution in [2.24, 2.45) is 5.10 Å². The normalized spacial score (nSPS) is 11.3. The van der Waals surface area contributed by atoms with Gasteiger partial charge in [0, 0.05) is 11.3 Å². The minimum absolute atomic E-state index is 0.195. The van der Waals surface area contributed by atoms with Crippen molar-refractivity contribution in [3.63, 3.8) is 0 Å². The van der Waals surface area contributed by atoms with Crippen LogP contribution in [0, 0.1) is 5.82 Å². The summed E-state index contributed by atoms with van der Waals surface area (Å²) in [5.41, 5.74) is 1.49. The fourth-order valence-electron chi connectivity index (χ4n) is 4.46. The van der Waals surface area contributed by atoms with Crippen LogP contribution in [0.3, 0.4) is 0 Å². The standard InChI is InChI=1S/C32H23FN4O5/c1-40-27-14-7-15-28-24(27)17-29(42-28)31-36-25-12-4-3-11-23(25)32(39)37(31)34-18-20-8-2-5-13-26(20)41-19-30(38)35-22-10-6-9-21(33)16-22/h2-18H,19H2,1H3,(H,35,38). The Hall–Kier alpha value is -5.77. The Kier molecular flexibility index (Phi) is 7.17. The Labute approximate surface area is 238 Å². The summed E-state index contributed by atoms with van der Waals surface area (Å²) in [7, 11) is 1.57. The lowest BCUT2D eigenvalue weighted by Crippen LogP contribution is -2.21. The van der Waals surface area contributed by atoms with Crippen LogP contribution in [-0.2, 0) is 4.79 Å². The van der Waals surface area contributed by atoms with Crippen LogP contribution >= 0.6 is 0 Å². The molecule has 0 aliphatic heterocycles. The second-order valence-corrected chi connectivity index (χ2v) is 9.18. The highest BCUT2D eigenvalue weighted by atomic mass is 19.1. The van der Waals surface area contributed by atoms with Gasteiger partial charge in [-0.3, -0.25) is 9.59 Å². The summed E-state index contributed by atoms with van der Waals surface area (Å²) in [6, 6.07) is 26.6. The monoisotopic (exact) mass is 562 g/mol. The quantitative estimate of drug-likeness (QED) is 0.233. The van der Waals surface area contributed by atoms with Gasteiger partial charge in [0.25, 0.3) is 11.5 Å². The van der Waals surface area contributed by atoms with Crippen LogP contribution in [0.1, 0.15) is 5.56 Å². The molecule has 1 N–H and O–H groups in total. The Bertz CT molecular complexity index is 2030. The van der Waals surface area contributed by atoms with Crippen LogP contribution in [0.25, 0.3) is 33.5 Å². The minimum Gasteiger partial charge on any atom is -0.496 e. The van der Waals surface area contributed by atoms with Crippen molar-refractivity contribution in [1.82, 2.24) is 9.66 Å². The second-order valence-electron chi connectivity index (χ2n) is 9.18. The highest BCUT2D eigenvalue weighted by Crippen LogP contribution is 2.33. The maximum atomic E-state index is 13.6. The van der Waals surface area contributed by atoms with Crippen LogP contribution in [0.4, 0.5) is 10.1 Å². The first-order valence-electron chi connectivity index (χ1n) is 12.9. The smallest absolute Gasteiger partial charge is 0.282 e. The van der Waals surface area contributed by atoms with Crippen molar-refractivity contribution in [3.8, 4) is 23.1 Å². The lowest BCUT2D eigenvalue weighted by Gasteiger charge is -2.10. The molecule has 2 heterocycles. The summed E-state index contributed by atoms with van der Waals surface area (Å²) >= 11 is 0. The number of hydrogen-bond acceptors (Lipinski definition) is 7. The van der Waals surface area contributed by atoms with Gasteiger partial charge < -0.3 is 19.2 Å². The number of carbonyl (C=O) groups is 1. The molecule has 9 nitrogen and oxygen atoms in total. The molecular weight excluding hydrogens is 539 g/mol. The zero-order valence-electron chi connectivity index (χ0n) is 22.3. The molecular formula is C32H23FN4O5. The van der Waals surface area contributed by atoms with E-state index in [-0.39, 0.29) is 12.4 Å². The number of methoxy groups -OCH3 is 1. The number of para-hydroxylation sites is 2. The van der Waals surface area contributed by atoms with E-state index < -0.39 is 17.3 Å². The molecule has 208 valence electrons. The largest absolute Gasteiger partial charge is 0.496 e. The van der Waals surface area contributed by atoms with Gasteiger partial charge in [0.2, 0.25) is 5.82 Å². The zero-order chi connectivity index (χ0) is 29.1. The molecule has 42 heavy (non-hydrogen) atoms. The van der Waals surface area contributed by atoms with Crippen LogP contribution < -0.4 is 20.3 Å². The molecule has 0 atom stereocenters. The number of nitrogens with zero attached hydrogens (tertiary/aromatic N) is 3. The predicted molar refractivity (Wildman–Crippen MR) is 158 cm³/mol. The minimum atomic E-state index is -0.468. The van der Waals surface area contributed by atoms with Crippen molar-refractivity contribution in [3.05, 3.63) is 119 Å². The SMILES string of the molecule is COc1cccc2oc(-c3nc4ccccc4c(=O)n3N=Cc3ccccc3OCC(=O)Nc3cccc(F)c3)cc12. The van der Waals surface area contributed by atoms with Crippen molar-refractivity contribution in [2.75, 3.05) is 19.0 Å². The molecule has 0 fully saturated rings. The van der Waals surface area contributed by atoms with E-state index in [1.807, 2.05) is 12.1 Å². The van der Waals surface area contributed by atoms with Gasteiger partial charge in [-0.15, -0.1) is 0 Å². The Morgan fingerprint density at radius 3 is 2.62 bits per heavy atom. The van der Waals surface area contributed by atoms with E-state index in [2.05, 4.69) is 10.4 Å². The third kappa shape index (κ3) is 5.33. The van der Waals surface area contributed by atoms with Gasteiger partial charge in [-0.2, -0.15) is 9.78 Å². The van der Waals surface area contributed by atoms with Crippen LogP contribution in [0.2, 0.25) is 0 Å². The molecule has 10 heteroatoms. The summed E-state index contributed by atoms with van der Waals surface area (Å²) < 4.78 is 31.9. The number of halogens is 1. The fourth-order valence-corrected chi connectivity index (χ4v) is 4.46. The van der Waals surface area contributed by atoms with E-state index in [9.17, 15) is 14.0 Å². The Morgan fingerprint density at radius 1 is 0.976 bits per heavy atom. The van der Waals surface area contributed by atoms with E-state index in [1.54, 1.807) is 73.8 Å². The number of amides is 1. The third-order valence-electron chi connectivity index (χ3n) is 6.41. The van der Waals surface area contributed by atoms with Gasteiger partial charge in [-0.25, -0.2) is 9.37 Å². The first kappa shape index (κ1) is 26.5. The van der Waals surface area contributed by atoms with Gasteiger partial charge in [0.1, 0.15) is 22.9 Å². The molecule has 0 aliphatic carbocycles. The van der Waals surface area contributed by atoms with E-state index in [0.717, 1.165) is 5.39 Å². The zero-order valence-corrected chi connectivity index (χ0v) is 22.3. The fraction of sp³-hybridized carbons (Fsp3) is 0.0625. The molecule has 0 saturated carbocycles. The molecule has 1 amide bonds. The summed E-state index contributed by atoms with van der Waals surface area (Å²) in [4.78, 5) is 30.7. The molecule has 0 radical (unpaired) electrons. The van der Waals surface area contributed by atoms with Crippen LogP contribution in [0.15, 0.2) is 111 Å². The maximum Gasteiger partial charge on any atom is 0.282 e. The molecule has 0 aliphatic rings. The number of hydrogen-bond donors (Lipinski definition) is 1. The first-order chi connectivity index (χ1) is 20.5. The lowest BCUT2D eigenvalue weighted by atomic mass is 10.2. The number of aromatic nitrogens is 2. The van der Waals surface area contributed by atoms with Gasteiger partial charge in [-0.05, 0) is 60.7 Å². The average Bonchev–Trinajstić information content (AvgIpc) is 3.44. The topological polar surface area (TPSA) is 108 Å². The van der Waals surface area contributed by atoms with Crippen LogP contribution in [-0.4, -0.2) is 35.5 Å². The summed E-state index contributed by atoms with van der Waals surface area (Å²) in [6.07, 6.45) is 1.45. The average molecular weight is 563 g/mol. The summed E-state index contributed by atoms with van der Waals surface area (Å²) in [5.74, 6) is 0.564. The molecule has 6 aromatic rings. The highest BCUT2D eigenvalue weighted by molar-refractivity contribution is 5.92. The van der Waals surface area contributed by atoms with Crippen molar-refractivity contribution >= 4 is 39.7 Å². The van der Waals surface area contributed by atoms with E-state index in [4.69, 9.17) is 18.9 Å². The molecule has 0 saturated heterocycles. The molecule has 0 unspecified atom stereocenters. The molecule has 6 rings (SSSR count). The van der Waals surface area contributed by atoms with Gasteiger partial charge >= 0.3 is 0 Å². The van der Waals surface area contributed by atoms with E-state index in [0.29, 0.717) is 45.0 Å². The first-order valence-corrected chi connectivity index (χ1v) is 12.9. The number of furan rings is 1. The van der Waals surface area contributed by atoms with E-state index in [1.165, 1.54) is 29.1 Å². The summed E-state index contributed by atoms with van der Waals surface area (Å²) in [6.45, 7) is -0.328. The van der Waals surface area contributed by atoms with Gasteiger partial charge in [0.15, 0.2) is 12.4 Å². The van der Waals surface area contributed by atoms with Crippen molar-refractivity contribution in [1.29, 1.82) is 0 Å². The van der Waals surface area contributed by atoms with Crippen LogP contribution in [0.5, 0.6) is 11.5 Å². The van der Waals surface area contributed by atoms with Crippen molar-refractivity contribution < 1.29 is 23.1 Å². The number of carbonyl (C=O) groups excluding carboxylic acids is 1. The van der Waals surface area contributed by atoms with E-state index >= 15 is 0 Å². The molecule has 4 aromatic carbocycles. The highest BCUT2D eigenvalue weighted by Gasteiger charge is 2.18. The predicted octanol–water partition coefficient (Wildman–Crippen LogP) is 5.86. The Morgan fingerprint density at radius 2 is 1.76 bits per heavy atom. The number of fused-ring (bicyclic) bond motifs is 2. The number of rotatable bonds is 8. The van der Waals surface area contributed by atoms with Crippen molar-refractivity contribution in [2.45, 2.75) is 0 Å².